The highest BCUT2D eigenvalue weighted by Crippen LogP contribution is 2.33. The number of benzene rings is 2. The molecule has 2 aromatic heterocycles. The van der Waals surface area contributed by atoms with Crippen LogP contribution < -0.4 is 25.5 Å². The second kappa shape index (κ2) is 7.21. The van der Waals surface area contributed by atoms with E-state index in [2.05, 4.69) is 15.1 Å². The van der Waals surface area contributed by atoms with Crippen molar-refractivity contribution in [3.05, 3.63) is 68.4 Å². The Morgan fingerprint density at radius 2 is 1.94 bits per heavy atom. The number of aromatic nitrogens is 3. The molecule has 156 valence electrons. The quantitative estimate of drug-likeness (QED) is 0.495. The van der Waals surface area contributed by atoms with Gasteiger partial charge in [-0.3, -0.25) is 4.79 Å². The van der Waals surface area contributed by atoms with Gasteiger partial charge in [-0.1, -0.05) is 12.1 Å². The van der Waals surface area contributed by atoms with Crippen LogP contribution in [0.1, 0.15) is 12.5 Å². The summed E-state index contributed by atoms with van der Waals surface area (Å²) in [5.41, 5.74) is 1.85. The molecule has 0 atom stereocenters. The van der Waals surface area contributed by atoms with Crippen molar-refractivity contribution in [2.24, 2.45) is 5.10 Å². The van der Waals surface area contributed by atoms with E-state index in [4.69, 9.17) is 14.2 Å². The Balaban J connectivity index is 1.52. The number of hydrogen-bond acceptors (Lipinski definition) is 6. The van der Waals surface area contributed by atoms with Gasteiger partial charge in [-0.2, -0.15) is 5.10 Å². The average molecular weight is 418 g/mol. The lowest BCUT2D eigenvalue weighted by Gasteiger charge is -2.00. The van der Waals surface area contributed by atoms with Crippen molar-refractivity contribution in [3.63, 3.8) is 0 Å². The molecule has 0 saturated heterocycles. The normalized spacial score (nSPS) is 13.5. The lowest BCUT2D eigenvalue weighted by atomic mass is 10.1. The van der Waals surface area contributed by atoms with Crippen molar-refractivity contribution in [2.75, 3.05) is 13.9 Å². The highest BCUT2D eigenvalue weighted by atomic mass is 16.7. The highest BCUT2D eigenvalue weighted by molar-refractivity contribution is 6.04. The van der Waals surface area contributed by atoms with E-state index in [1.807, 2.05) is 31.2 Å². The maximum atomic E-state index is 12.9. The minimum Gasteiger partial charge on any atom is -0.497 e. The zero-order valence-electron chi connectivity index (χ0n) is 16.8. The molecule has 31 heavy (non-hydrogen) atoms. The Labute approximate surface area is 175 Å². The number of nitrogens with one attached hydrogen (secondary N) is 2. The van der Waals surface area contributed by atoms with Crippen LogP contribution in [0.5, 0.6) is 17.2 Å². The Hall–Kier alpha value is -4.27. The predicted molar refractivity (Wildman–Crippen MR) is 117 cm³/mol. The van der Waals surface area contributed by atoms with Crippen LogP contribution in [-0.2, 0) is 0 Å². The first-order chi connectivity index (χ1) is 15.0. The van der Waals surface area contributed by atoms with Gasteiger partial charge >= 0.3 is 11.2 Å². The highest BCUT2D eigenvalue weighted by Gasteiger charge is 2.14. The number of methoxy groups -OCH3 is 1. The van der Waals surface area contributed by atoms with Gasteiger partial charge in [-0.25, -0.2) is 4.79 Å². The molecule has 2 N–H and O–H groups in total. The predicted octanol–water partition coefficient (Wildman–Crippen LogP) is 2.85. The Morgan fingerprint density at radius 1 is 1.10 bits per heavy atom. The molecular formula is C22H18N4O5. The van der Waals surface area contributed by atoms with E-state index in [1.54, 1.807) is 25.3 Å². The van der Waals surface area contributed by atoms with Crippen molar-refractivity contribution < 1.29 is 14.2 Å². The van der Waals surface area contributed by atoms with Crippen molar-refractivity contribution in [3.8, 4) is 17.2 Å². The Kier molecular flexibility index (Phi) is 4.36. The molecule has 0 aliphatic carbocycles. The van der Waals surface area contributed by atoms with Gasteiger partial charge in [0.1, 0.15) is 11.3 Å². The molecule has 3 heterocycles. The Morgan fingerprint density at radius 3 is 2.77 bits per heavy atom. The minimum absolute atomic E-state index is 0.206. The molecular weight excluding hydrogens is 400 g/mol. The molecule has 0 fully saturated rings. The number of ether oxygens (including phenoxy) is 3. The third-order valence-electron chi connectivity index (χ3n) is 5.00. The number of allylic oxidation sites excluding steroid dienone is 1. The molecule has 0 radical (unpaired) electrons. The molecule has 0 unspecified atom stereocenters. The molecule has 4 aromatic rings. The molecule has 0 spiro atoms. The molecule has 1 aliphatic rings. The lowest BCUT2D eigenvalue weighted by molar-refractivity contribution is 0.174. The first-order valence-electron chi connectivity index (χ1n) is 9.50. The van der Waals surface area contributed by atoms with E-state index in [1.165, 1.54) is 6.21 Å². The molecule has 2 aromatic carbocycles. The fourth-order valence-corrected chi connectivity index (χ4v) is 3.50. The summed E-state index contributed by atoms with van der Waals surface area (Å²) >= 11 is 0. The molecule has 0 saturated carbocycles. The number of rotatable bonds is 4. The van der Waals surface area contributed by atoms with Gasteiger partial charge in [0, 0.05) is 10.9 Å². The zero-order chi connectivity index (χ0) is 21.5. The van der Waals surface area contributed by atoms with Gasteiger partial charge in [-0.15, -0.1) is 4.68 Å². The number of nitrogens with zero attached hydrogens (tertiary/aromatic N) is 2. The summed E-state index contributed by atoms with van der Waals surface area (Å²) in [5.74, 6) is 2.00. The largest absolute Gasteiger partial charge is 0.497 e. The van der Waals surface area contributed by atoms with Crippen LogP contribution in [0.2, 0.25) is 0 Å². The summed E-state index contributed by atoms with van der Waals surface area (Å²) in [6.07, 6.45) is 3.32. The second-order valence-corrected chi connectivity index (χ2v) is 7.08. The summed E-state index contributed by atoms with van der Waals surface area (Å²) in [6, 6.07) is 10.9. The van der Waals surface area contributed by atoms with E-state index in [0.717, 1.165) is 15.8 Å². The van der Waals surface area contributed by atoms with Gasteiger partial charge < -0.3 is 24.2 Å². The fraction of sp³-hybridized carbons (Fsp3) is 0.136. The number of hydrogen-bond donors (Lipinski definition) is 2. The van der Waals surface area contributed by atoms with Crippen molar-refractivity contribution in [2.45, 2.75) is 6.92 Å². The average Bonchev–Trinajstić information content (AvgIpc) is 3.37. The molecule has 5 rings (SSSR count). The van der Waals surface area contributed by atoms with Crippen molar-refractivity contribution >= 4 is 34.2 Å². The lowest BCUT2D eigenvalue weighted by Crippen LogP contribution is -2.32. The van der Waals surface area contributed by atoms with E-state index in [9.17, 15) is 9.59 Å². The van der Waals surface area contributed by atoms with Crippen LogP contribution in [0.3, 0.4) is 0 Å². The van der Waals surface area contributed by atoms with E-state index >= 15 is 0 Å². The summed E-state index contributed by atoms with van der Waals surface area (Å²) in [4.78, 5) is 31.2. The number of fused-ring (bicyclic) bond motifs is 4. The summed E-state index contributed by atoms with van der Waals surface area (Å²) in [5, 5.41) is 4.79. The molecule has 0 bridgehead atoms. The van der Waals surface area contributed by atoms with Crippen LogP contribution in [0.25, 0.3) is 28.0 Å². The van der Waals surface area contributed by atoms with Crippen molar-refractivity contribution in [1.29, 1.82) is 0 Å². The van der Waals surface area contributed by atoms with E-state index in [0.29, 0.717) is 33.7 Å². The van der Waals surface area contributed by atoms with E-state index in [-0.39, 0.29) is 12.3 Å². The summed E-state index contributed by atoms with van der Waals surface area (Å²) in [7, 11) is 1.56. The molecule has 9 heteroatoms. The molecule has 1 aliphatic heterocycles. The summed E-state index contributed by atoms with van der Waals surface area (Å²) < 4.78 is 16.7. The second-order valence-electron chi connectivity index (χ2n) is 7.08. The zero-order valence-corrected chi connectivity index (χ0v) is 16.8. The molecule has 9 nitrogen and oxygen atoms in total. The maximum Gasteiger partial charge on any atom is 0.350 e. The topological polar surface area (TPSA) is 111 Å². The number of aromatic amines is 2. The Bertz CT molecular complexity index is 1510. The van der Waals surface area contributed by atoms with Crippen LogP contribution in [0.4, 0.5) is 0 Å². The van der Waals surface area contributed by atoms with Gasteiger partial charge in [0.2, 0.25) is 6.79 Å². The monoisotopic (exact) mass is 418 g/mol. The van der Waals surface area contributed by atoms with Gasteiger partial charge in [0.05, 0.1) is 18.8 Å². The maximum absolute atomic E-state index is 12.9. The van der Waals surface area contributed by atoms with E-state index < -0.39 is 11.2 Å². The fourth-order valence-electron chi connectivity index (χ4n) is 3.50. The van der Waals surface area contributed by atoms with Gasteiger partial charge in [0.15, 0.2) is 11.5 Å². The summed E-state index contributed by atoms with van der Waals surface area (Å²) in [6.45, 7) is 2.03. The minimum atomic E-state index is -0.631. The van der Waals surface area contributed by atoms with Crippen LogP contribution in [-0.4, -0.2) is 34.8 Å². The smallest absolute Gasteiger partial charge is 0.350 e. The third kappa shape index (κ3) is 3.25. The van der Waals surface area contributed by atoms with Crippen molar-refractivity contribution in [1.82, 2.24) is 14.6 Å². The first-order valence-corrected chi connectivity index (χ1v) is 9.50. The number of H-pyrrole nitrogens is 2. The standard InChI is InChI=1S/C22H18N4O5/c1-12(7-13-3-6-17-18(8-13)31-11-30-17)10-23-26-21(27)20-19(25-22(26)28)15-9-14(29-2)4-5-16(15)24-20/h3-10,24H,11H2,1-2H3,(H,25,28)/b12-7+,23-10-. The van der Waals surface area contributed by atoms with Gasteiger partial charge in [-0.05, 0) is 48.4 Å². The third-order valence-corrected chi connectivity index (χ3v) is 5.00. The van der Waals surface area contributed by atoms with Crippen LogP contribution >= 0.6 is 0 Å². The molecule has 0 amide bonds. The van der Waals surface area contributed by atoms with Crippen LogP contribution in [0, 0.1) is 0 Å². The van der Waals surface area contributed by atoms with Crippen LogP contribution in [0.15, 0.2) is 56.7 Å². The van der Waals surface area contributed by atoms with Gasteiger partial charge in [0.25, 0.3) is 0 Å². The SMILES string of the molecule is COc1ccc2[nH]c3c(=O)n(/N=C\C(C)=C\c4ccc5c(c4)OCO5)c(=O)[nH]c3c2c1. The first kappa shape index (κ1) is 18.7.